The van der Waals surface area contributed by atoms with Crippen LogP contribution in [0.15, 0.2) is 30.3 Å². The van der Waals surface area contributed by atoms with Gasteiger partial charge in [-0.3, -0.25) is 0 Å². The molecule has 0 spiro atoms. The Labute approximate surface area is 164 Å². The second kappa shape index (κ2) is 8.47. The first-order chi connectivity index (χ1) is 11.0. The van der Waals surface area contributed by atoms with Gasteiger partial charge in [-0.05, 0) is 24.3 Å². The third-order valence-electron chi connectivity index (χ3n) is 5.34. The van der Waals surface area contributed by atoms with Gasteiger partial charge in [0.25, 0.3) is 0 Å². The molecule has 0 N–H and O–H groups in total. The lowest BCUT2D eigenvalue weighted by Crippen LogP contribution is -3.00. The Morgan fingerprint density at radius 1 is 1.04 bits per heavy atom. The summed E-state index contributed by atoms with van der Waals surface area (Å²) >= 11 is 0. The summed E-state index contributed by atoms with van der Waals surface area (Å²) in [5.74, 6) is 0.587. The molecular formula is C20H32INO2. The Kier molecular flexibility index (Phi) is 7.11. The monoisotopic (exact) mass is 445 g/mol. The van der Waals surface area contributed by atoms with Gasteiger partial charge in [-0.1, -0.05) is 49.6 Å². The fourth-order valence-corrected chi connectivity index (χ4v) is 4.22. The predicted molar refractivity (Wildman–Crippen MR) is 93.3 cm³/mol. The second-order valence-electron chi connectivity index (χ2n) is 8.31. The van der Waals surface area contributed by atoms with Crippen molar-refractivity contribution in [1.82, 2.24) is 0 Å². The number of rotatable bonds is 4. The second-order valence-corrected chi connectivity index (χ2v) is 8.31. The van der Waals surface area contributed by atoms with Gasteiger partial charge in [0.05, 0.1) is 34.4 Å². The Hall–Kier alpha value is -0.170. The predicted octanol–water partition coefficient (Wildman–Crippen LogP) is 0.588. The molecule has 3 nitrogen and oxygen atoms in total. The van der Waals surface area contributed by atoms with Crippen molar-refractivity contribution in [1.29, 1.82) is 0 Å². The number of benzene rings is 1. The average Bonchev–Trinajstić information content (AvgIpc) is 2.56. The molecule has 1 aromatic rings. The van der Waals surface area contributed by atoms with Crippen molar-refractivity contribution in [3.05, 3.63) is 35.9 Å². The van der Waals surface area contributed by atoms with Gasteiger partial charge in [-0.15, -0.1) is 0 Å². The summed E-state index contributed by atoms with van der Waals surface area (Å²) in [6.07, 6.45) is 6.74. The topological polar surface area (TPSA) is 18.5 Å². The molecule has 1 aliphatic heterocycles. The first-order valence-corrected chi connectivity index (χ1v) is 9.11. The maximum atomic E-state index is 6.61. The molecule has 1 heterocycles. The van der Waals surface area contributed by atoms with Crippen molar-refractivity contribution in [3.8, 4) is 0 Å². The summed E-state index contributed by atoms with van der Waals surface area (Å²) in [5.41, 5.74) is 1.07. The van der Waals surface area contributed by atoms with Crippen LogP contribution in [0, 0.1) is 5.92 Å². The highest BCUT2D eigenvalue weighted by Crippen LogP contribution is 2.44. The SMILES string of the molecule is C[N+](C)(C)C[C@@H]1CO[C@](c2ccccc2)(C2CCCCC2)CO1.[I-]. The zero-order valence-electron chi connectivity index (χ0n) is 15.3. The highest BCUT2D eigenvalue weighted by molar-refractivity contribution is 5.25. The van der Waals surface area contributed by atoms with E-state index >= 15 is 0 Å². The Morgan fingerprint density at radius 3 is 2.25 bits per heavy atom. The number of nitrogens with zero attached hydrogens (tertiary/aromatic N) is 1. The van der Waals surface area contributed by atoms with Crippen molar-refractivity contribution < 1.29 is 37.9 Å². The van der Waals surface area contributed by atoms with Crippen molar-refractivity contribution in [3.63, 3.8) is 0 Å². The van der Waals surface area contributed by atoms with E-state index in [4.69, 9.17) is 9.47 Å². The van der Waals surface area contributed by atoms with Crippen LogP contribution in [0.2, 0.25) is 0 Å². The number of hydrogen-bond acceptors (Lipinski definition) is 2. The van der Waals surface area contributed by atoms with E-state index in [1.54, 1.807) is 0 Å². The first kappa shape index (κ1) is 20.1. The average molecular weight is 445 g/mol. The van der Waals surface area contributed by atoms with Crippen LogP contribution in [0.1, 0.15) is 37.7 Å². The van der Waals surface area contributed by atoms with Crippen molar-refractivity contribution in [2.45, 2.75) is 43.8 Å². The van der Waals surface area contributed by atoms with E-state index in [0.717, 1.165) is 11.0 Å². The van der Waals surface area contributed by atoms with Gasteiger partial charge >= 0.3 is 0 Å². The van der Waals surface area contributed by atoms with Crippen LogP contribution in [0.5, 0.6) is 0 Å². The molecule has 0 amide bonds. The van der Waals surface area contributed by atoms with Crippen LogP contribution in [-0.2, 0) is 15.1 Å². The van der Waals surface area contributed by atoms with E-state index in [-0.39, 0.29) is 35.7 Å². The van der Waals surface area contributed by atoms with Gasteiger partial charge in [-0.2, -0.15) is 0 Å². The molecule has 1 aromatic carbocycles. The van der Waals surface area contributed by atoms with Gasteiger partial charge in [-0.25, -0.2) is 0 Å². The molecule has 0 unspecified atom stereocenters. The zero-order chi connectivity index (χ0) is 16.3. The number of halogens is 1. The van der Waals surface area contributed by atoms with Crippen molar-refractivity contribution >= 4 is 0 Å². The van der Waals surface area contributed by atoms with E-state index in [2.05, 4.69) is 51.5 Å². The summed E-state index contributed by atoms with van der Waals surface area (Å²) in [4.78, 5) is 0. The quantitative estimate of drug-likeness (QED) is 0.499. The van der Waals surface area contributed by atoms with Crippen molar-refractivity contribution in [2.24, 2.45) is 5.92 Å². The number of hydrogen-bond donors (Lipinski definition) is 0. The molecule has 0 bridgehead atoms. The molecule has 1 saturated heterocycles. The van der Waals surface area contributed by atoms with E-state index < -0.39 is 0 Å². The molecule has 136 valence electrons. The van der Waals surface area contributed by atoms with Crippen molar-refractivity contribution in [2.75, 3.05) is 40.9 Å². The number of ether oxygens (including phenoxy) is 2. The van der Waals surface area contributed by atoms with E-state index in [1.165, 1.54) is 37.7 Å². The van der Waals surface area contributed by atoms with Crippen LogP contribution in [0.4, 0.5) is 0 Å². The minimum atomic E-state index is -0.233. The maximum Gasteiger partial charge on any atom is 0.130 e. The largest absolute Gasteiger partial charge is 1.00 e. The maximum absolute atomic E-state index is 6.61. The van der Waals surface area contributed by atoms with E-state index in [1.807, 2.05) is 0 Å². The summed E-state index contributed by atoms with van der Waals surface area (Å²) in [6, 6.07) is 10.8. The summed E-state index contributed by atoms with van der Waals surface area (Å²) in [6.45, 7) is 2.41. The molecule has 0 aromatic heterocycles. The lowest BCUT2D eigenvalue weighted by molar-refractivity contribution is -0.874. The lowest BCUT2D eigenvalue weighted by atomic mass is 9.73. The molecule has 24 heavy (non-hydrogen) atoms. The third kappa shape index (κ3) is 4.71. The Morgan fingerprint density at radius 2 is 1.71 bits per heavy atom. The zero-order valence-corrected chi connectivity index (χ0v) is 17.5. The van der Waals surface area contributed by atoms with Gasteiger partial charge in [0.2, 0.25) is 0 Å². The molecule has 2 aliphatic rings. The van der Waals surface area contributed by atoms with Crippen LogP contribution in [0.3, 0.4) is 0 Å². The molecular weight excluding hydrogens is 413 g/mol. The molecule has 1 aliphatic carbocycles. The fraction of sp³-hybridized carbons (Fsp3) is 0.700. The minimum Gasteiger partial charge on any atom is -1.00 e. The molecule has 2 fully saturated rings. The van der Waals surface area contributed by atoms with Gasteiger partial charge in [0.1, 0.15) is 18.2 Å². The standard InChI is InChI=1S/C20H32NO2.HI/c1-21(2,3)14-19-15-23-20(16-22-19,17-10-6-4-7-11-17)18-12-8-5-9-13-18;/h4,6-7,10-11,18-19H,5,8-9,12-16H2,1-3H3;1H/q+1;/p-1/t19-,20-;/m1./s1. The molecule has 2 atom stereocenters. The van der Waals surface area contributed by atoms with E-state index in [9.17, 15) is 0 Å². The summed E-state index contributed by atoms with van der Waals surface area (Å²) in [5, 5.41) is 0. The van der Waals surface area contributed by atoms with Crippen LogP contribution >= 0.6 is 0 Å². The molecule has 4 heteroatoms. The number of likely N-dealkylation sites (N-methyl/N-ethyl adjacent to an activating group) is 1. The third-order valence-corrected chi connectivity index (χ3v) is 5.34. The van der Waals surface area contributed by atoms with Gasteiger partial charge in [0, 0.05) is 0 Å². The van der Waals surface area contributed by atoms with E-state index in [0.29, 0.717) is 19.1 Å². The summed E-state index contributed by atoms with van der Waals surface area (Å²) in [7, 11) is 6.64. The fourth-order valence-electron chi connectivity index (χ4n) is 4.22. The summed E-state index contributed by atoms with van der Waals surface area (Å²) < 4.78 is 13.9. The lowest BCUT2D eigenvalue weighted by Gasteiger charge is -2.47. The van der Waals surface area contributed by atoms with Crippen LogP contribution in [-0.4, -0.2) is 51.5 Å². The van der Waals surface area contributed by atoms with Gasteiger partial charge < -0.3 is 37.9 Å². The minimum absolute atomic E-state index is 0. The van der Waals surface area contributed by atoms with Crippen LogP contribution < -0.4 is 24.0 Å². The first-order valence-electron chi connectivity index (χ1n) is 9.11. The molecule has 1 saturated carbocycles. The number of quaternary nitrogens is 1. The molecule has 0 radical (unpaired) electrons. The highest BCUT2D eigenvalue weighted by atomic mass is 127. The Bertz CT molecular complexity index is 486. The van der Waals surface area contributed by atoms with Gasteiger partial charge in [0.15, 0.2) is 0 Å². The Balaban J connectivity index is 0.00000208. The smallest absolute Gasteiger partial charge is 0.130 e. The van der Waals surface area contributed by atoms with Crippen LogP contribution in [0.25, 0.3) is 0 Å². The normalized spacial score (nSPS) is 29.0. The molecule has 3 rings (SSSR count). The highest BCUT2D eigenvalue weighted by Gasteiger charge is 2.46.